The van der Waals surface area contributed by atoms with Crippen LogP contribution < -0.4 is 0 Å². The van der Waals surface area contributed by atoms with E-state index < -0.39 is 23.3 Å². The van der Waals surface area contributed by atoms with Crippen LogP contribution in [0.15, 0.2) is 6.07 Å². The van der Waals surface area contributed by atoms with Gasteiger partial charge in [0.25, 0.3) is 0 Å². The fourth-order valence-corrected chi connectivity index (χ4v) is 1.48. The summed E-state index contributed by atoms with van der Waals surface area (Å²) in [6.45, 7) is 3.54. The van der Waals surface area contributed by atoms with Crippen molar-refractivity contribution in [2.24, 2.45) is 0 Å². The lowest BCUT2D eigenvalue weighted by Gasteiger charge is -2.08. The Bertz CT molecular complexity index is 476. The molecular weight excluding hydrogens is 238 g/mol. The Balaban J connectivity index is 3.71. The number of pyridine rings is 1. The zero-order valence-corrected chi connectivity index (χ0v) is 10.1. The Morgan fingerprint density at radius 3 is 1.67 bits per heavy atom. The molecule has 0 unspecified atom stereocenters. The molecule has 18 heavy (non-hydrogen) atoms. The second kappa shape index (κ2) is 4.87. The van der Waals surface area contributed by atoms with Gasteiger partial charge in [-0.15, -0.1) is 0 Å². The monoisotopic (exact) mass is 249 g/mol. The molecule has 6 nitrogen and oxygen atoms in total. The molecule has 1 N–H and O–H groups in total. The van der Waals surface area contributed by atoms with E-state index in [2.05, 4.69) is 4.98 Å². The summed E-state index contributed by atoms with van der Waals surface area (Å²) in [5, 5.41) is 8.96. The van der Waals surface area contributed by atoms with E-state index in [0.29, 0.717) is 0 Å². The molecule has 1 heterocycles. The number of ketones is 3. The van der Waals surface area contributed by atoms with Gasteiger partial charge in [-0.3, -0.25) is 14.4 Å². The summed E-state index contributed by atoms with van der Waals surface area (Å²) in [6, 6.07) is 1.02. The number of Topliss-reactive ketones (excluding diaryl/α,β-unsaturated/α-hetero) is 3. The molecule has 0 aliphatic rings. The van der Waals surface area contributed by atoms with Crippen LogP contribution in [0.3, 0.4) is 0 Å². The van der Waals surface area contributed by atoms with Gasteiger partial charge in [-0.25, -0.2) is 9.78 Å². The van der Waals surface area contributed by atoms with Crippen molar-refractivity contribution in [1.82, 2.24) is 4.98 Å². The quantitative estimate of drug-likeness (QED) is 0.809. The predicted octanol–water partition coefficient (Wildman–Crippen LogP) is 1.39. The molecule has 0 amide bonds. The molecule has 0 aliphatic carbocycles. The van der Waals surface area contributed by atoms with Crippen molar-refractivity contribution in [3.8, 4) is 0 Å². The molecule has 1 aromatic rings. The van der Waals surface area contributed by atoms with Crippen LogP contribution >= 0.6 is 0 Å². The Morgan fingerprint density at radius 2 is 1.33 bits per heavy atom. The van der Waals surface area contributed by atoms with Crippen molar-refractivity contribution < 1.29 is 24.3 Å². The summed E-state index contributed by atoms with van der Waals surface area (Å²) >= 11 is 0. The zero-order valence-electron chi connectivity index (χ0n) is 10.1. The van der Waals surface area contributed by atoms with E-state index in [0.717, 1.165) is 13.0 Å². The average Bonchev–Trinajstić information content (AvgIpc) is 2.26. The van der Waals surface area contributed by atoms with Gasteiger partial charge >= 0.3 is 5.97 Å². The van der Waals surface area contributed by atoms with Crippen molar-refractivity contribution in [2.45, 2.75) is 20.8 Å². The molecule has 0 saturated heterocycles. The fourth-order valence-electron chi connectivity index (χ4n) is 1.48. The molecule has 0 atom stereocenters. The van der Waals surface area contributed by atoms with Gasteiger partial charge in [-0.2, -0.15) is 0 Å². The van der Waals surface area contributed by atoms with Crippen molar-refractivity contribution >= 4 is 23.3 Å². The number of carbonyl (C=O) groups is 4. The molecule has 0 fully saturated rings. The van der Waals surface area contributed by atoms with E-state index in [9.17, 15) is 19.2 Å². The average molecular weight is 249 g/mol. The molecule has 0 spiro atoms. The van der Waals surface area contributed by atoms with Gasteiger partial charge in [0, 0.05) is 19.4 Å². The van der Waals surface area contributed by atoms with Gasteiger partial charge in [0.05, 0.1) is 5.56 Å². The molecule has 6 heteroatoms. The summed E-state index contributed by atoms with van der Waals surface area (Å²) in [7, 11) is 0. The van der Waals surface area contributed by atoms with E-state index in [1.165, 1.54) is 13.8 Å². The first-order valence-electron chi connectivity index (χ1n) is 5.06. The third-order valence-electron chi connectivity index (χ3n) is 2.30. The van der Waals surface area contributed by atoms with Crippen molar-refractivity contribution in [3.05, 3.63) is 28.6 Å². The van der Waals surface area contributed by atoms with Crippen LogP contribution in [-0.2, 0) is 0 Å². The van der Waals surface area contributed by atoms with Gasteiger partial charge < -0.3 is 5.11 Å². The second-order valence-electron chi connectivity index (χ2n) is 3.75. The first-order valence-corrected chi connectivity index (χ1v) is 5.06. The van der Waals surface area contributed by atoms with Gasteiger partial charge in [-0.05, 0) is 13.0 Å². The van der Waals surface area contributed by atoms with E-state index >= 15 is 0 Å². The Kier molecular flexibility index (Phi) is 3.70. The largest absolute Gasteiger partial charge is 0.478 e. The van der Waals surface area contributed by atoms with Crippen LogP contribution in [-0.4, -0.2) is 33.4 Å². The normalized spacial score (nSPS) is 9.94. The SMILES string of the molecule is CC(=O)c1cc(C(=O)O)c(C(C)=O)nc1C(C)=O. The molecule has 1 aromatic heterocycles. The molecule has 0 bridgehead atoms. The molecular formula is C12H11NO5. The van der Waals surface area contributed by atoms with Gasteiger partial charge in [0.15, 0.2) is 17.3 Å². The number of carbonyl (C=O) groups excluding carboxylic acids is 3. The summed E-state index contributed by atoms with van der Waals surface area (Å²) in [5.41, 5.74) is -0.974. The minimum absolute atomic E-state index is 0.0927. The molecule has 0 radical (unpaired) electrons. The first kappa shape index (κ1) is 13.7. The van der Waals surface area contributed by atoms with E-state index in [4.69, 9.17) is 5.11 Å². The molecule has 0 aliphatic heterocycles. The highest BCUT2D eigenvalue weighted by molar-refractivity contribution is 6.10. The predicted molar refractivity (Wildman–Crippen MR) is 61.2 cm³/mol. The van der Waals surface area contributed by atoms with Gasteiger partial charge in [-0.1, -0.05) is 0 Å². The highest BCUT2D eigenvalue weighted by atomic mass is 16.4. The molecule has 0 saturated carbocycles. The number of hydrogen-bond acceptors (Lipinski definition) is 5. The van der Waals surface area contributed by atoms with Crippen LogP contribution in [0.4, 0.5) is 0 Å². The number of carboxylic acids is 1. The number of nitrogens with zero attached hydrogens (tertiary/aromatic N) is 1. The summed E-state index contributed by atoms with van der Waals surface area (Å²) in [5.74, 6) is -2.93. The third kappa shape index (κ3) is 2.48. The first-order chi connectivity index (χ1) is 8.25. The topological polar surface area (TPSA) is 101 Å². The van der Waals surface area contributed by atoms with E-state index in [1.807, 2.05) is 0 Å². The lowest BCUT2D eigenvalue weighted by Crippen LogP contribution is -2.16. The lowest BCUT2D eigenvalue weighted by molar-refractivity contribution is 0.0690. The fraction of sp³-hybridized carbons (Fsp3) is 0.250. The highest BCUT2D eigenvalue weighted by Crippen LogP contribution is 2.16. The lowest BCUT2D eigenvalue weighted by atomic mass is 10.0. The summed E-state index contributed by atoms with van der Waals surface area (Å²) in [4.78, 5) is 48.7. The van der Waals surface area contributed by atoms with Crippen LogP contribution in [0.2, 0.25) is 0 Å². The van der Waals surface area contributed by atoms with Gasteiger partial charge in [0.2, 0.25) is 0 Å². The number of aromatic nitrogens is 1. The molecule has 0 aromatic carbocycles. The molecule has 94 valence electrons. The molecule has 1 rings (SSSR count). The second-order valence-corrected chi connectivity index (χ2v) is 3.75. The van der Waals surface area contributed by atoms with Crippen LogP contribution in [0.25, 0.3) is 0 Å². The minimum Gasteiger partial charge on any atom is -0.478 e. The smallest absolute Gasteiger partial charge is 0.338 e. The van der Waals surface area contributed by atoms with Crippen LogP contribution in [0.1, 0.15) is 62.5 Å². The van der Waals surface area contributed by atoms with Crippen LogP contribution in [0, 0.1) is 0 Å². The third-order valence-corrected chi connectivity index (χ3v) is 2.30. The van der Waals surface area contributed by atoms with Crippen LogP contribution in [0.5, 0.6) is 0 Å². The van der Waals surface area contributed by atoms with Crippen molar-refractivity contribution in [2.75, 3.05) is 0 Å². The summed E-state index contributed by atoms with van der Waals surface area (Å²) < 4.78 is 0. The zero-order chi connectivity index (χ0) is 14.0. The van der Waals surface area contributed by atoms with Crippen molar-refractivity contribution in [1.29, 1.82) is 0 Å². The maximum Gasteiger partial charge on any atom is 0.338 e. The van der Waals surface area contributed by atoms with Gasteiger partial charge in [0.1, 0.15) is 11.4 Å². The highest BCUT2D eigenvalue weighted by Gasteiger charge is 2.22. The summed E-state index contributed by atoms with van der Waals surface area (Å²) in [6.07, 6.45) is 0. The number of aromatic carboxylic acids is 1. The Hall–Kier alpha value is -2.37. The number of carboxylic acid groups (broad SMARTS) is 1. The van der Waals surface area contributed by atoms with E-state index in [1.54, 1.807) is 0 Å². The minimum atomic E-state index is -1.37. The Morgan fingerprint density at radius 1 is 0.889 bits per heavy atom. The number of rotatable bonds is 4. The Labute approximate surface area is 103 Å². The standard InChI is InChI=1S/C12H11NO5/c1-5(14)8-4-9(12(17)18)11(7(3)16)13-10(8)6(2)15/h4H,1-3H3,(H,17,18). The number of hydrogen-bond donors (Lipinski definition) is 1. The maximum atomic E-state index is 11.4. The van der Waals surface area contributed by atoms with E-state index in [-0.39, 0.29) is 22.5 Å². The maximum absolute atomic E-state index is 11.4. The van der Waals surface area contributed by atoms with Crippen molar-refractivity contribution in [3.63, 3.8) is 0 Å².